The molecule has 123 heavy (non-hydrogen) atoms. The van der Waals surface area contributed by atoms with Gasteiger partial charge in [0.05, 0.1) is 145 Å². The lowest BCUT2D eigenvalue weighted by atomic mass is 9.72. The van der Waals surface area contributed by atoms with Crippen LogP contribution in [0.15, 0.2) is 120 Å². The molecule has 36 nitrogen and oxygen atoms in total. The van der Waals surface area contributed by atoms with Crippen molar-refractivity contribution in [1.82, 2.24) is 30.5 Å². The van der Waals surface area contributed by atoms with E-state index in [4.69, 9.17) is 55.7 Å². The predicted molar refractivity (Wildman–Crippen MR) is 432 cm³/mol. The van der Waals surface area contributed by atoms with E-state index in [1.807, 2.05) is 27.9 Å². The maximum absolute atomic E-state index is 14.6. The van der Waals surface area contributed by atoms with Crippen LogP contribution in [0, 0.1) is 12.8 Å². The standard InChI is InChI=1S/C85H101N7O29S2/c1-48-12-23-56(24-13-48)122(106,107)38-26-63(95)51-16-18-52(19-17-51)81(103)87-44-54-45-90(89-88-54)28-32-113-35-37-114-36-34-112-31-8-10-62(94)53-20-25-64(118-83-80(102)79(101)76(98)68(47-93)119-83)66(39-53)121-123(108,109)120-55-21-14-50(15-22-55)46-92(3,4)30-27-86-84(104)85(105)42-59-71(78(100)73-72(75(59)97)74(96)57-9-7-11-65(110-5)70(57)77(73)99)67(43-85)117-69-41-60-58(49(2)116-69)40-61-82(111-6)115-33-29-91(60)61/h7,9,11-25,39,45,49,58,60-61,67-69,76,79-80,82-83,93,98,101-102,105H,8,10,26-38,40-44,46-47H2,1-6H3,(H3-,86,87,88,89,95,96,97,99,100,103,104)/p+1/t49-,58+,60-,61+,67-,68+,69-,76-,79-,80+,82-,83?,85-/m0/s1. The second-order valence-electron chi connectivity index (χ2n) is 31.8. The van der Waals surface area contributed by atoms with Crippen LogP contribution in [0.25, 0.3) is 0 Å². The van der Waals surface area contributed by atoms with Crippen LogP contribution >= 0.6 is 0 Å². The number of phenols is 2. The van der Waals surface area contributed by atoms with Crippen LogP contribution in [-0.2, 0) is 89.0 Å². The number of quaternary nitrogens is 1. The summed E-state index contributed by atoms with van der Waals surface area (Å²) in [5, 5.41) is 92.7. The van der Waals surface area contributed by atoms with Gasteiger partial charge < -0.3 is 107 Å². The summed E-state index contributed by atoms with van der Waals surface area (Å²) in [6.07, 6.45) is -10.4. The van der Waals surface area contributed by atoms with Crippen LogP contribution in [0.5, 0.6) is 34.5 Å². The van der Waals surface area contributed by atoms with Gasteiger partial charge in [-0.2, -0.15) is 0 Å². The Labute approximate surface area is 709 Å². The van der Waals surface area contributed by atoms with E-state index < -0.39 is 158 Å². The molecule has 4 saturated heterocycles. The fourth-order valence-electron chi connectivity index (χ4n) is 16.4. The van der Waals surface area contributed by atoms with E-state index in [-0.39, 0.29) is 174 Å². The SMILES string of the molecule is COc1cccc2c1C(=O)c1c(O)c3c(c(O)c1C2=O)C[C@@](O)(C(=O)NCC[N+](C)(C)Cc1ccc(OS(=O)(=O)Oc2cc(C(=O)CCCOCCOCCOCCn4cc(CNC(=O)c5ccc(C(=O)CCS(=O)(=O)c6ccc(C)cc6)cc5)nn4)ccc2OC2O[C@H](CO)[C@H](O)[C@H](O)[C@H]2O)cc1)C[C@@H]3O[C@H]1C[C@H]2[C@H](C[C@@H]3[C@@H](OC)OCCN32)[C@H](C)O1. The van der Waals surface area contributed by atoms with Crippen molar-refractivity contribution in [3.05, 3.63) is 182 Å². The molecule has 0 spiro atoms. The molecule has 0 saturated carbocycles. The molecule has 6 aromatic carbocycles. The van der Waals surface area contributed by atoms with Crippen LogP contribution in [0.4, 0.5) is 0 Å². The Bertz CT molecular complexity index is 5230. The van der Waals surface area contributed by atoms with Gasteiger partial charge >= 0.3 is 10.4 Å². The van der Waals surface area contributed by atoms with Crippen LogP contribution < -0.4 is 28.5 Å². The van der Waals surface area contributed by atoms with Crippen molar-refractivity contribution >= 4 is 55.2 Å². The molecule has 2 amide bonds. The van der Waals surface area contributed by atoms with E-state index in [9.17, 15) is 81.3 Å². The Morgan fingerprint density at radius 1 is 0.715 bits per heavy atom. The maximum Gasteiger partial charge on any atom is 0.501 e. The molecule has 7 aromatic rings. The monoisotopic (exact) mass is 1750 g/mol. The minimum absolute atomic E-state index is 0.0220. The summed E-state index contributed by atoms with van der Waals surface area (Å²) < 4.78 is 124. The third-order valence-electron chi connectivity index (χ3n) is 22.9. The van der Waals surface area contributed by atoms with Gasteiger partial charge in [0, 0.05) is 103 Å². The number of aliphatic hydroxyl groups excluding tert-OH is 4. The Balaban J connectivity index is 0.564. The highest BCUT2D eigenvalue weighted by Crippen LogP contribution is 2.54. The number of nitrogens with one attached hydrogen (secondary N) is 2. The molecule has 38 heteroatoms. The number of aromatic nitrogens is 3. The minimum Gasteiger partial charge on any atom is -0.507 e. The fraction of sp³-hybridized carbons (Fsp3) is 0.482. The lowest BCUT2D eigenvalue weighted by Gasteiger charge is -2.44. The van der Waals surface area contributed by atoms with Gasteiger partial charge in [-0.25, -0.2) is 13.1 Å². The summed E-state index contributed by atoms with van der Waals surface area (Å²) in [7, 11) is -2.12. The van der Waals surface area contributed by atoms with Crippen molar-refractivity contribution in [3.63, 3.8) is 0 Å². The highest BCUT2D eigenvalue weighted by atomic mass is 32.3. The lowest BCUT2D eigenvalue weighted by molar-refractivity contribution is -0.902. The quantitative estimate of drug-likeness (QED) is 0.0115. The third-order valence-corrected chi connectivity index (χ3v) is 25.4. The molecular formula is C85H102N7O29S2+. The largest absolute Gasteiger partial charge is 0.507 e. The molecule has 0 radical (unpaired) electrons. The van der Waals surface area contributed by atoms with Crippen LogP contribution in [0.1, 0.15) is 142 Å². The first-order valence-electron chi connectivity index (χ1n) is 40.4. The van der Waals surface area contributed by atoms with Crippen LogP contribution in [0.3, 0.4) is 0 Å². The number of rotatable bonds is 39. The van der Waals surface area contributed by atoms with Gasteiger partial charge in [0.25, 0.3) is 11.8 Å². The molecule has 1 unspecified atom stereocenters. The number of phenolic OH excluding ortho intramolecular Hbond substituents is 2. The number of Topliss-reactive ketones (excluding diaryl/α,β-unsaturated/α-hetero) is 2. The molecular weight excluding hydrogens is 1650 g/mol. The third kappa shape index (κ3) is 21.1. The molecule has 13 atom stereocenters. The Kier molecular flexibility index (Phi) is 28.9. The van der Waals surface area contributed by atoms with Crippen molar-refractivity contribution in [2.24, 2.45) is 5.92 Å². The number of hydrogen-bond donors (Lipinski definition) is 9. The summed E-state index contributed by atoms with van der Waals surface area (Å²) in [4.78, 5) is 85.2. The van der Waals surface area contributed by atoms with Crippen LogP contribution in [-0.4, -0.2) is 286 Å². The fourth-order valence-corrected chi connectivity index (χ4v) is 18.4. The normalized spacial score (nSPS) is 23.8. The molecule has 662 valence electrons. The number of aliphatic hydroxyl groups is 5. The van der Waals surface area contributed by atoms with E-state index >= 15 is 0 Å². The smallest absolute Gasteiger partial charge is 0.501 e. The number of carbonyl (C=O) groups excluding carboxylic acids is 6. The van der Waals surface area contributed by atoms with Gasteiger partial charge in [-0.15, -0.1) is 13.5 Å². The Morgan fingerprint density at radius 2 is 1.41 bits per heavy atom. The van der Waals surface area contributed by atoms with E-state index in [0.717, 1.165) is 24.1 Å². The minimum atomic E-state index is -5.10. The first-order chi connectivity index (χ1) is 58.8. The average Bonchev–Trinajstić information content (AvgIpc) is 1.31. The highest BCUT2D eigenvalue weighted by Gasteiger charge is 2.55. The highest BCUT2D eigenvalue weighted by molar-refractivity contribution is 7.91. The predicted octanol–water partition coefficient (Wildman–Crippen LogP) is 3.68. The van der Waals surface area contributed by atoms with Gasteiger partial charge in [0.2, 0.25) is 12.1 Å². The molecule has 4 aliphatic heterocycles. The summed E-state index contributed by atoms with van der Waals surface area (Å²) in [6, 6.07) is 26.0. The van der Waals surface area contributed by atoms with Gasteiger partial charge in [0.15, 0.2) is 51.3 Å². The van der Waals surface area contributed by atoms with Crippen molar-refractivity contribution < 1.29 is 142 Å². The molecule has 5 heterocycles. The van der Waals surface area contributed by atoms with Crippen molar-refractivity contribution in [2.75, 3.05) is 107 Å². The number of aromatic hydroxyl groups is 2. The lowest BCUT2D eigenvalue weighted by Crippen LogP contribution is -2.60. The summed E-state index contributed by atoms with van der Waals surface area (Å²) in [5.74, 6) is -6.55. The second-order valence-corrected chi connectivity index (χ2v) is 35.1. The number of ketones is 4. The van der Waals surface area contributed by atoms with Gasteiger partial charge in [-0.3, -0.25) is 33.7 Å². The van der Waals surface area contributed by atoms with Crippen molar-refractivity contribution in [3.8, 4) is 34.5 Å². The van der Waals surface area contributed by atoms with Crippen molar-refractivity contribution in [2.45, 2.75) is 157 Å². The molecule has 2 aliphatic carbocycles. The number of nitrogens with zero attached hydrogens (tertiary/aromatic N) is 5. The molecule has 6 aliphatic rings. The number of ether oxygens (including phenoxy) is 10. The van der Waals surface area contributed by atoms with Crippen molar-refractivity contribution in [1.29, 1.82) is 0 Å². The number of carbonyl (C=O) groups is 6. The molecule has 9 N–H and O–H groups in total. The van der Waals surface area contributed by atoms with Gasteiger partial charge in [-0.1, -0.05) is 47.2 Å². The number of aryl methyl sites for hydroxylation is 1. The van der Waals surface area contributed by atoms with E-state index in [2.05, 4.69) is 25.8 Å². The number of sulfone groups is 1. The van der Waals surface area contributed by atoms with Gasteiger partial charge in [0.1, 0.15) is 65.3 Å². The number of fused-ring (bicyclic) bond motifs is 6. The average molecular weight is 1750 g/mol. The Morgan fingerprint density at radius 3 is 2.12 bits per heavy atom. The summed E-state index contributed by atoms with van der Waals surface area (Å²) in [5.41, 5.74) is -1.19. The zero-order valence-corrected chi connectivity index (χ0v) is 70.3. The van der Waals surface area contributed by atoms with E-state index in [0.29, 0.717) is 43.9 Å². The number of benzene rings is 6. The zero-order valence-electron chi connectivity index (χ0n) is 68.6. The summed E-state index contributed by atoms with van der Waals surface area (Å²) >= 11 is 0. The Hall–Kier alpha value is -9.82. The number of methoxy groups -OCH3 is 2. The van der Waals surface area contributed by atoms with E-state index in [1.165, 1.54) is 79.9 Å². The summed E-state index contributed by atoms with van der Waals surface area (Å²) in [6.45, 7) is 6.22. The first kappa shape index (κ1) is 90.9. The van der Waals surface area contributed by atoms with E-state index in [1.54, 1.807) is 42.3 Å². The maximum atomic E-state index is 14.6. The first-order valence-corrected chi connectivity index (χ1v) is 43.4. The second kappa shape index (κ2) is 39.2. The zero-order chi connectivity index (χ0) is 87.8. The molecule has 13 rings (SSSR count). The number of hydrogen-bond acceptors (Lipinski definition) is 32. The topological polar surface area (TPSA) is 481 Å². The molecule has 4 fully saturated rings. The molecule has 1 aromatic heterocycles. The molecule has 0 bridgehead atoms. The number of amides is 2. The van der Waals surface area contributed by atoms with Crippen LogP contribution in [0.2, 0.25) is 0 Å². The van der Waals surface area contributed by atoms with Gasteiger partial charge in [-0.05, 0) is 99.5 Å². The number of likely N-dealkylation sites (N-methyl/N-ethyl adjacent to an activating group) is 1. The number of morpholine rings is 1.